The average molecular weight is 403 g/mol. The molecule has 0 atom stereocenters. The fourth-order valence-electron chi connectivity index (χ4n) is 2.29. The van der Waals surface area contributed by atoms with Gasteiger partial charge in [0.25, 0.3) is 11.6 Å². The SMILES string of the molecule is CCCOc1ccc(CNC(=S)NC(=O)c2ccc([N+](=O)[O-])cc2)cc1OC. The standard InChI is InChI=1S/C19H21N3O5S/c1-3-10-27-16-9-4-13(11-17(16)26-2)12-20-19(28)21-18(23)14-5-7-15(8-6-14)22(24)25/h4-9,11H,3,10,12H2,1-2H3,(H2,20,21,23,28). The number of nitrogens with zero attached hydrogens (tertiary/aromatic N) is 1. The Morgan fingerprint density at radius 2 is 1.89 bits per heavy atom. The Morgan fingerprint density at radius 1 is 1.18 bits per heavy atom. The van der Waals surface area contributed by atoms with E-state index < -0.39 is 10.8 Å². The van der Waals surface area contributed by atoms with Crippen molar-refractivity contribution in [3.63, 3.8) is 0 Å². The lowest BCUT2D eigenvalue weighted by molar-refractivity contribution is -0.384. The number of carbonyl (C=O) groups is 1. The first-order valence-corrected chi connectivity index (χ1v) is 8.98. The topological polar surface area (TPSA) is 103 Å². The van der Waals surface area contributed by atoms with E-state index in [1.54, 1.807) is 7.11 Å². The van der Waals surface area contributed by atoms with E-state index in [0.29, 0.717) is 24.7 Å². The van der Waals surface area contributed by atoms with Crippen LogP contribution in [0.3, 0.4) is 0 Å². The molecule has 0 unspecified atom stereocenters. The molecule has 0 aliphatic rings. The Bertz CT molecular complexity index is 855. The molecule has 0 fully saturated rings. The van der Waals surface area contributed by atoms with Gasteiger partial charge in [-0.15, -0.1) is 0 Å². The summed E-state index contributed by atoms with van der Waals surface area (Å²) in [6.07, 6.45) is 0.898. The third-order valence-corrected chi connectivity index (χ3v) is 3.96. The van der Waals surface area contributed by atoms with Gasteiger partial charge in [0.05, 0.1) is 18.6 Å². The number of rotatable bonds is 8. The van der Waals surface area contributed by atoms with Crippen molar-refractivity contribution in [2.45, 2.75) is 19.9 Å². The fraction of sp³-hybridized carbons (Fsp3) is 0.263. The van der Waals surface area contributed by atoms with E-state index in [-0.39, 0.29) is 16.4 Å². The number of benzene rings is 2. The quantitative estimate of drug-likeness (QED) is 0.396. The molecule has 0 aromatic heterocycles. The number of ether oxygens (including phenoxy) is 2. The Labute approximate surface area is 168 Å². The number of hydrogen-bond donors (Lipinski definition) is 2. The van der Waals surface area contributed by atoms with Crippen LogP contribution in [0.25, 0.3) is 0 Å². The molecule has 0 aliphatic carbocycles. The van der Waals surface area contributed by atoms with Gasteiger partial charge in [-0.3, -0.25) is 20.2 Å². The summed E-state index contributed by atoms with van der Waals surface area (Å²) in [4.78, 5) is 22.3. The number of nitro groups is 1. The molecule has 1 amide bonds. The second-order valence-corrected chi connectivity index (χ2v) is 6.18. The molecule has 0 heterocycles. The number of thiocarbonyl (C=S) groups is 1. The average Bonchev–Trinajstić information content (AvgIpc) is 2.70. The summed E-state index contributed by atoms with van der Waals surface area (Å²) in [5, 5.41) is 16.3. The zero-order valence-electron chi connectivity index (χ0n) is 15.6. The van der Waals surface area contributed by atoms with Crippen molar-refractivity contribution >= 4 is 28.9 Å². The predicted octanol–water partition coefficient (Wildman–Crippen LogP) is 3.20. The largest absolute Gasteiger partial charge is 0.493 e. The monoisotopic (exact) mass is 403 g/mol. The number of nitro benzene ring substituents is 1. The molecular weight excluding hydrogens is 382 g/mol. The summed E-state index contributed by atoms with van der Waals surface area (Å²) in [5.41, 5.74) is 1.08. The summed E-state index contributed by atoms with van der Waals surface area (Å²) < 4.78 is 10.9. The van der Waals surface area contributed by atoms with Crippen molar-refractivity contribution in [1.29, 1.82) is 0 Å². The van der Waals surface area contributed by atoms with E-state index in [9.17, 15) is 14.9 Å². The molecule has 0 spiro atoms. The van der Waals surface area contributed by atoms with Crippen LogP contribution in [0.4, 0.5) is 5.69 Å². The Kier molecular flexibility index (Phi) is 7.70. The van der Waals surface area contributed by atoms with Crippen molar-refractivity contribution in [2.75, 3.05) is 13.7 Å². The van der Waals surface area contributed by atoms with Gasteiger partial charge in [-0.05, 0) is 48.5 Å². The Balaban J connectivity index is 1.91. The van der Waals surface area contributed by atoms with E-state index in [4.69, 9.17) is 21.7 Å². The maximum Gasteiger partial charge on any atom is 0.269 e. The number of methoxy groups -OCH3 is 1. The molecule has 148 valence electrons. The highest BCUT2D eigenvalue weighted by Gasteiger charge is 2.11. The molecule has 2 rings (SSSR count). The van der Waals surface area contributed by atoms with Crippen LogP contribution in [-0.2, 0) is 6.54 Å². The minimum atomic E-state index is -0.527. The summed E-state index contributed by atoms with van der Waals surface area (Å²) in [5.74, 6) is 0.837. The highest BCUT2D eigenvalue weighted by Crippen LogP contribution is 2.28. The van der Waals surface area contributed by atoms with Crippen LogP contribution >= 0.6 is 12.2 Å². The molecule has 0 aliphatic heterocycles. The second kappa shape index (κ2) is 10.2. The van der Waals surface area contributed by atoms with Gasteiger partial charge in [-0.1, -0.05) is 13.0 Å². The zero-order valence-corrected chi connectivity index (χ0v) is 16.4. The molecule has 0 saturated carbocycles. The zero-order chi connectivity index (χ0) is 20.5. The smallest absolute Gasteiger partial charge is 0.269 e. The number of non-ortho nitro benzene ring substituents is 1. The van der Waals surface area contributed by atoms with Crippen molar-refractivity contribution in [2.24, 2.45) is 0 Å². The van der Waals surface area contributed by atoms with Crippen LogP contribution in [0.2, 0.25) is 0 Å². The van der Waals surface area contributed by atoms with Crippen molar-refractivity contribution in [3.8, 4) is 11.5 Å². The third kappa shape index (κ3) is 5.92. The van der Waals surface area contributed by atoms with E-state index in [1.807, 2.05) is 25.1 Å². The van der Waals surface area contributed by atoms with Gasteiger partial charge in [0.1, 0.15) is 0 Å². The number of carbonyl (C=O) groups excluding carboxylic acids is 1. The maximum atomic E-state index is 12.1. The summed E-state index contributed by atoms with van der Waals surface area (Å²) in [6, 6.07) is 10.8. The highest BCUT2D eigenvalue weighted by atomic mass is 32.1. The first kappa shape index (κ1) is 21.1. The van der Waals surface area contributed by atoms with Crippen LogP contribution in [0, 0.1) is 10.1 Å². The fourth-order valence-corrected chi connectivity index (χ4v) is 2.45. The van der Waals surface area contributed by atoms with Crippen molar-refractivity contribution < 1.29 is 19.2 Å². The first-order valence-electron chi connectivity index (χ1n) is 8.58. The normalized spacial score (nSPS) is 10.1. The Hall–Kier alpha value is -3.20. The van der Waals surface area contributed by atoms with Gasteiger partial charge in [0.2, 0.25) is 0 Å². The van der Waals surface area contributed by atoms with Gasteiger partial charge < -0.3 is 14.8 Å². The maximum absolute atomic E-state index is 12.1. The third-order valence-electron chi connectivity index (χ3n) is 3.71. The molecule has 0 radical (unpaired) electrons. The van der Waals surface area contributed by atoms with Crippen LogP contribution in [0.15, 0.2) is 42.5 Å². The van der Waals surface area contributed by atoms with Crippen LogP contribution in [0.1, 0.15) is 29.3 Å². The number of hydrogen-bond acceptors (Lipinski definition) is 6. The highest BCUT2D eigenvalue weighted by molar-refractivity contribution is 7.80. The molecule has 0 bridgehead atoms. The minimum Gasteiger partial charge on any atom is -0.493 e. The van der Waals surface area contributed by atoms with Crippen LogP contribution in [-0.4, -0.2) is 29.7 Å². The van der Waals surface area contributed by atoms with E-state index in [0.717, 1.165) is 12.0 Å². The molecule has 28 heavy (non-hydrogen) atoms. The lowest BCUT2D eigenvalue weighted by atomic mass is 10.2. The van der Waals surface area contributed by atoms with Gasteiger partial charge in [0.15, 0.2) is 16.6 Å². The lowest BCUT2D eigenvalue weighted by Crippen LogP contribution is -2.38. The lowest BCUT2D eigenvalue weighted by Gasteiger charge is -2.13. The number of amides is 1. The summed E-state index contributed by atoms with van der Waals surface area (Å²) in [7, 11) is 1.57. The molecule has 2 aromatic carbocycles. The van der Waals surface area contributed by atoms with Crippen molar-refractivity contribution in [1.82, 2.24) is 10.6 Å². The van der Waals surface area contributed by atoms with Gasteiger partial charge in [-0.25, -0.2) is 0 Å². The van der Waals surface area contributed by atoms with Crippen LogP contribution in [0.5, 0.6) is 11.5 Å². The Morgan fingerprint density at radius 3 is 2.50 bits per heavy atom. The predicted molar refractivity (Wildman–Crippen MR) is 109 cm³/mol. The first-order chi connectivity index (χ1) is 13.4. The van der Waals surface area contributed by atoms with E-state index >= 15 is 0 Å². The molecule has 9 heteroatoms. The van der Waals surface area contributed by atoms with E-state index in [2.05, 4.69) is 10.6 Å². The van der Waals surface area contributed by atoms with Crippen molar-refractivity contribution in [3.05, 3.63) is 63.7 Å². The molecule has 8 nitrogen and oxygen atoms in total. The summed E-state index contributed by atoms with van der Waals surface area (Å²) in [6.45, 7) is 3.01. The molecular formula is C19H21N3O5S. The summed E-state index contributed by atoms with van der Waals surface area (Å²) >= 11 is 5.13. The van der Waals surface area contributed by atoms with Crippen LogP contribution < -0.4 is 20.1 Å². The second-order valence-electron chi connectivity index (χ2n) is 5.77. The molecule has 2 aromatic rings. The molecule has 0 saturated heterocycles. The van der Waals surface area contributed by atoms with Gasteiger partial charge in [-0.2, -0.15) is 0 Å². The molecule has 2 N–H and O–H groups in total. The van der Waals surface area contributed by atoms with Gasteiger partial charge >= 0.3 is 0 Å². The number of nitrogens with one attached hydrogen (secondary N) is 2. The van der Waals surface area contributed by atoms with Gasteiger partial charge in [0, 0.05) is 24.2 Å². The van der Waals surface area contributed by atoms with E-state index in [1.165, 1.54) is 24.3 Å². The minimum absolute atomic E-state index is 0.0856.